The number of nitrogens with two attached hydrogens (primary N) is 1. The maximum Gasteiger partial charge on any atom is 0.282 e. The van der Waals surface area contributed by atoms with E-state index < -0.39 is 5.56 Å². The summed E-state index contributed by atoms with van der Waals surface area (Å²) < 4.78 is 5.52. The fourth-order valence-electron chi connectivity index (χ4n) is 2.34. The Labute approximate surface area is 116 Å². The lowest BCUT2D eigenvalue weighted by molar-refractivity contribution is 0.599. The number of nitrogens with zero attached hydrogens (tertiary/aromatic N) is 2. The average Bonchev–Trinajstić information content (AvgIpc) is 2.46. The molecule has 0 unspecified atom stereocenters. The van der Waals surface area contributed by atoms with Crippen LogP contribution in [-0.2, 0) is 0 Å². The summed E-state index contributed by atoms with van der Waals surface area (Å²) in [7, 11) is 0. The van der Waals surface area contributed by atoms with Crippen LogP contribution in [0.25, 0.3) is 33.5 Å². The summed E-state index contributed by atoms with van der Waals surface area (Å²) in [6.07, 6.45) is 0. The van der Waals surface area contributed by atoms with Gasteiger partial charge in [0.05, 0.1) is 0 Å². The molecule has 7 nitrogen and oxygen atoms in total. The lowest BCUT2D eigenvalue weighted by atomic mass is 10.1. The molecule has 2 aliphatic rings. The van der Waals surface area contributed by atoms with Gasteiger partial charge < -0.3 is 10.2 Å². The number of aromatic amines is 1. The molecule has 0 bridgehead atoms. The number of nitrogens with one attached hydrogen (secondary N) is 1. The molecule has 2 heterocycles. The first-order chi connectivity index (χ1) is 10.1. The van der Waals surface area contributed by atoms with Gasteiger partial charge in [-0.2, -0.15) is 4.98 Å². The first-order valence-corrected chi connectivity index (χ1v) is 6.15. The van der Waals surface area contributed by atoms with Gasteiger partial charge in [-0.25, -0.2) is 4.98 Å². The van der Waals surface area contributed by atoms with E-state index in [0.717, 1.165) is 0 Å². The Balaban J connectivity index is 2.30. The lowest BCUT2D eigenvalue weighted by Crippen LogP contribution is -2.14. The van der Waals surface area contributed by atoms with Crippen molar-refractivity contribution >= 4 is 28.0 Å². The van der Waals surface area contributed by atoms with Crippen LogP contribution >= 0.6 is 0 Å². The molecule has 21 heavy (non-hydrogen) atoms. The molecule has 0 radical (unpaired) electrons. The number of hydrogen-bond acceptors (Lipinski definition) is 6. The second kappa shape index (κ2) is 3.89. The van der Waals surface area contributed by atoms with E-state index in [0.29, 0.717) is 16.5 Å². The third-order valence-corrected chi connectivity index (χ3v) is 3.25. The van der Waals surface area contributed by atoms with Crippen LogP contribution in [0.1, 0.15) is 0 Å². The molecule has 0 saturated carbocycles. The fraction of sp³-hybridized carbons (Fsp3) is 0. The predicted octanol–water partition coefficient (Wildman–Crippen LogP) is 1.11. The van der Waals surface area contributed by atoms with Crippen LogP contribution in [0.15, 0.2) is 44.3 Å². The molecule has 0 atom stereocenters. The van der Waals surface area contributed by atoms with Crippen LogP contribution in [0, 0.1) is 0 Å². The van der Waals surface area contributed by atoms with Gasteiger partial charge in [0.2, 0.25) is 5.95 Å². The van der Waals surface area contributed by atoms with Gasteiger partial charge in [-0.05, 0) is 0 Å². The number of H-pyrrole nitrogens is 1. The van der Waals surface area contributed by atoms with E-state index in [9.17, 15) is 9.59 Å². The minimum Gasteiger partial charge on any atom is -0.434 e. The van der Waals surface area contributed by atoms with Gasteiger partial charge in [0, 0.05) is 16.8 Å². The highest BCUT2D eigenvalue weighted by Crippen LogP contribution is 2.28. The summed E-state index contributed by atoms with van der Waals surface area (Å²) in [4.78, 5) is 34.5. The minimum atomic E-state index is -0.488. The number of rotatable bonds is 0. The number of anilines is 1. The molecular weight excluding hydrogens is 272 g/mol. The highest BCUT2D eigenvalue weighted by molar-refractivity contribution is 5.96. The van der Waals surface area contributed by atoms with Crippen molar-refractivity contribution in [2.45, 2.75) is 0 Å². The summed E-state index contributed by atoms with van der Waals surface area (Å²) in [5, 5.41) is 1.15. The normalized spacial score (nSPS) is 11.4. The SMILES string of the molecule is Nc1nc2oc3cc(=O)c4ccccc4c-3nc2c(=O)[nH]1. The van der Waals surface area contributed by atoms with Crippen LogP contribution in [0.3, 0.4) is 0 Å². The van der Waals surface area contributed by atoms with Crippen LogP contribution < -0.4 is 16.7 Å². The molecule has 1 aliphatic heterocycles. The molecule has 0 fully saturated rings. The Bertz CT molecular complexity index is 1100. The van der Waals surface area contributed by atoms with E-state index >= 15 is 0 Å². The zero-order valence-electron chi connectivity index (χ0n) is 10.6. The highest BCUT2D eigenvalue weighted by atomic mass is 16.3. The van der Waals surface area contributed by atoms with Crippen LogP contribution in [0.2, 0.25) is 0 Å². The lowest BCUT2D eigenvalue weighted by Gasteiger charge is -2.08. The Hall–Kier alpha value is -3.22. The van der Waals surface area contributed by atoms with Gasteiger partial charge in [0.15, 0.2) is 16.7 Å². The van der Waals surface area contributed by atoms with E-state index in [1.807, 2.05) is 0 Å². The maximum absolute atomic E-state index is 12.1. The smallest absolute Gasteiger partial charge is 0.282 e. The standard InChI is InChI=1S/C14H8N4O3/c15-14-17-12(20)11-13(18-14)21-9-5-8(19)6-3-1-2-4-7(6)10(9)16-11/h1-5H,(H3,15,17,18,20). The van der Waals surface area contributed by atoms with Crippen molar-refractivity contribution in [3.05, 3.63) is 50.9 Å². The van der Waals surface area contributed by atoms with Crippen molar-refractivity contribution in [1.82, 2.24) is 15.0 Å². The van der Waals surface area contributed by atoms with Gasteiger partial charge >= 0.3 is 0 Å². The molecule has 0 saturated heterocycles. The number of nitrogen functional groups attached to an aromatic ring is 1. The highest BCUT2D eigenvalue weighted by Gasteiger charge is 2.17. The van der Waals surface area contributed by atoms with E-state index in [4.69, 9.17) is 10.2 Å². The molecule has 4 rings (SSSR count). The fourth-order valence-corrected chi connectivity index (χ4v) is 2.34. The van der Waals surface area contributed by atoms with Gasteiger partial charge in [-0.3, -0.25) is 14.6 Å². The minimum absolute atomic E-state index is 0.00145. The van der Waals surface area contributed by atoms with Gasteiger partial charge in [0.1, 0.15) is 5.69 Å². The molecular formula is C14H8N4O3. The summed E-state index contributed by atoms with van der Waals surface area (Å²) >= 11 is 0. The van der Waals surface area contributed by atoms with E-state index in [2.05, 4.69) is 15.0 Å². The Kier molecular flexibility index (Phi) is 2.15. The Morgan fingerprint density at radius 1 is 1.10 bits per heavy atom. The maximum atomic E-state index is 12.1. The van der Waals surface area contributed by atoms with Crippen molar-refractivity contribution < 1.29 is 4.42 Å². The quantitative estimate of drug-likeness (QED) is 0.368. The van der Waals surface area contributed by atoms with Gasteiger partial charge in [-0.15, -0.1) is 0 Å². The molecule has 102 valence electrons. The second-order valence-electron chi connectivity index (χ2n) is 4.59. The van der Waals surface area contributed by atoms with Crippen molar-refractivity contribution in [2.24, 2.45) is 0 Å². The van der Waals surface area contributed by atoms with Crippen LogP contribution in [0.5, 0.6) is 0 Å². The van der Waals surface area contributed by atoms with Crippen molar-refractivity contribution in [3.63, 3.8) is 0 Å². The Morgan fingerprint density at radius 3 is 2.67 bits per heavy atom. The molecule has 3 N–H and O–H groups in total. The van der Waals surface area contributed by atoms with Crippen molar-refractivity contribution in [1.29, 1.82) is 0 Å². The van der Waals surface area contributed by atoms with Crippen molar-refractivity contribution in [3.8, 4) is 11.5 Å². The number of fused-ring (bicyclic) bond motifs is 4. The molecule has 2 aromatic rings. The molecule has 1 aromatic heterocycles. The molecule has 1 aromatic carbocycles. The largest absolute Gasteiger partial charge is 0.434 e. The molecule has 1 aliphatic carbocycles. The van der Waals surface area contributed by atoms with Gasteiger partial charge in [-0.1, -0.05) is 24.3 Å². The summed E-state index contributed by atoms with van der Waals surface area (Å²) in [6.45, 7) is 0. The molecule has 0 amide bonds. The van der Waals surface area contributed by atoms with Gasteiger partial charge in [0.25, 0.3) is 11.3 Å². The first kappa shape index (κ1) is 11.6. The second-order valence-corrected chi connectivity index (χ2v) is 4.59. The summed E-state index contributed by atoms with van der Waals surface area (Å²) in [5.74, 6) is 0.198. The molecule has 7 heteroatoms. The number of benzene rings is 2. The van der Waals surface area contributed by atoms with E-state index in [1.165, 1.54) is 6.07 Å². The zero-order chi connectivity index (χ0) is 14.6. The number of hydrogen-bond donors (Lipinski definition) is 2. The topological polar surface area (TPSA) is 115 Å². The van der Waals surface area contributed by atoms with E-state index in [-0.39, 0.29) is 28.4 Å². The van der Waals surface area contributed by atoms with Crippen LogP contribution in [-0.4, -0.2) is 15.0 Å². The Morgan fingerprint density at radius 2 is 1.86 bits per heavy atom. The van der Waals surface area contributed by atoms with E-state index in [1.54, 1.807) is 24.3 Å². The van der Waals surface area contributed by atoms with Crippen LogP contribution in [0.4, 0.5) is 5.95 Å². The van der Waals surface area contributed by atoms with Crippen molar-refractivity contribution in [2.75, 3.05) is 5.73 Å². The third kappa shape index (κ3) is 1.61. The third-order valence-electron chi connectivity index (χ3n) is 3.25. The summed E-state index contributed by atoms with van der Waals surface area (Å²) in [6, 6.07) is 8.35. The average molecular weight is 280 g/mol. The predicted molar refractivity (Wildman–Crippen MR) is 77.2 cm³/mol. The summed E-state index contributed by atoms with van der Waals surface area (Å²) in [5.41, 5.74) is 5.29. The molecule has 0 spiro atoms. The first-order valence-electron chi connectivity index (χ1n) is 6.15. The monoisotopic (exact) mass is 280 g/mol. The zero-order valence-corrected chi connectivity index (χ0v) is 10.6. The number of aromatic nitrogens is 3.